The highest BCUT2D eigenvalue weighted by Gasteiger charge is 2.07. The Morgan fingerprint density at radius 2 is 2.24 bits per heavy atom. The summed E-state index contributed by atoms with van der Waals surface area (Å²) in [5, 5.41) is 3.34. The first-order valence-corrected chi connectivity index (χ1v) is 6.68. The predicted molar refractivity (Wildman–Crippen MR) is 77.2 cm³/mol. The molecule has 0 radical (unpaired) electrons. The highest BCUT2D eigenvalue weighted by molar-refractivity contribution is 9.10. The van der Waals surface area contributed by atoms with Crippen LogP contribution in [0.25, 0.3) is 0 Å². The molecule has 5 heteroatoms. The van der Waals surface area contributed by atoms with Gasteiger partial charge in [0.25, 0.3) is 0 Å². The van der Waals surface area contributed by atoms with Crippen molar-refractivity contribution in [3.8, 4) is 0 Å². The average Bonchev–Trinajstić information content (AvgIpc) is 2.31. The maximum absolute atomic E-state index is 5.86. The molecule has 0 bridgehead atoms. The quantitative estimate of drug-likeness (QED) is 0.848. The second-order valence-corrected chi connectivity index (χ2v) is 5.10. The Bertz CT molecular complexity index is 336. The standard InChI is InChI=1S/C12H21BrN4/c1-4-9(2)17(3)6-5-16-12-10(13)7-15-8-11(12)14/h7-9H,4-6,14H2,1-3H3,(H,15,16). The molecule has 3 N–H and O–H groups in total. The van der Waals surface area contributed by atoms with Crippen LogP contribution in [0.3, 0.4) is 0 Å². The third-order valence-corrected chi connectivity index (χ3v) is 3.64. The van der Waals surface area contributed by atoms with Gasteiger partial charge in [-0.1, -0.05) is 6.92 Å². The van der Waals surface area contributed by atoms with E-state index in [9.17, 15) is 0 Å². The van der Waals surface area contributed by atoms with Crippen molar-refractivity contribution in [2.75, 3.05) is 31.2 Å². The minimum Gasteiger partial charge on any atom is -0.396 e. The first-order valence-electron chi connectivity index (χ1n) is 5.89. The number of nitrogens with two attached hydrogens (primary N) is 1. The maximum atomic E-state index is 5.86. The fraction of sp³-hybridized carbons (Fsp3) is 0.583. The summed E-state index contributed by atoms with van der Waals surface area (Å²) in [5.74, 6) is 0. The number of pyridine rings is 1. The van der Waals surface area contributed by atoms with Crippen molar-refractivity contribution in [1.29, 1.82) is 0 Å². The lowest BCUT2D eigenvalue weighted by Gasteiger charge is -2.24. The van der Waals surface area contributed by atoms with Crippen LogP contribution in [0.2, 0.25) is 0 Å². The minimum atomic E-state index is 0.607. The number of nitrogens with one attached hydrogen (secondary N) is 1. The molecule has 0 saturated carbocycles. The number of halogens is 1. The van der Waals surface area contributed by atoms with E-state index in [2.05, 4.69) is 52.0 Å². The minimum absolute atomic E-state index is 0.607. The fourth-order valence-electron chi connectivity index (χ4n) is 1.53. The molecule has 1 unspecified atom stereocenters. The van der Waals surface area contributed by atoms with Crippen molar-refractivity contribution >= 4 is 27.3 Å². The van der Waals surface area contributed by atoms with E-state index in [0.29, 0.717) is 11.7 Å². The van der Waals surface area contributed by atoms with Gasteiger partial charge >= 0.3 is 0 Å². The highest BCUT2D eigenvalue weighted by Crippen LogP contribution is 2.26. The molecule has 1 atom stereocenters. The zero-order valence-corrected chi connectivity index (χ0v) is 12.3. The zero-order chi connectivity index (χ0) is 12.8. The van der Waals surface area contributed by atoms with Crippen molar-refractivity contribution in [2.24, 2.45) is 0 Å². The fourth-order valence-corrected chi connectivity index (χ4v) is 2.01. The molecule has 0 aliphatic rings. The summed E-state index contributed by atoms with van der Waals surface area (Å²) in [4.78, 5) is 6.34. The molecule has 17 heavy (non-hydrogen) atoms. The molecule has 4 nitrogen and oxygen atoms in total. The molecule has 0 fully saturated rings. The van der Waals surface area contributed by atoms with Crippen LogP contribution in [0.4, 0.5) is 11.4 Å². The Balaban J connectivity index is 2.46. The largest absolute Gasteiger partial charge is 0.396 e. The molecular formula is C12H21BrN4. The molecule has 96 valence electrons. The van der Waals surface area contributed by atoms with Gasteiger partial charge in [-0.05, 0) is 36.3 Å². The molecule has 1 rings (SSSR count). The van der Waals surface area contributed by atoms with E-state index in [-0.39, 0.29) is 0 Å². The number of hydrogen-bond donors (Lipinski definition) is 2. The van der Waals surface area contributed by atoms with Gasteiger partial charge in [0.15, 0.2) is 0 Å². The smallest absolute Gasteiger partial charge is 0.0750 e. The topological polar surface area (TPSA) is 54.2 Å². The molecule has 0 aliphatic heterocycles. The number of nitrogen functional groups attached to an aromatic ring is 1. The third-order valence-electron chi connectivity index (χ3n) is 3.04. The molecule has 0 amide bonds. The van der Waals surface area contributed by atoms with Crippen molar-refractivity contribution in [2.45, 2.75) is 26.3 Å². The van der Waals surface area contributed by atoms with Gasteiger partial charge in [-0.2, -0.15) is 0 Å². The highest BCUT2D eigenvalue weighted by atomic mass is 79.9. The second-order valence-electron chi connectivity index (χ2n) is 4.25. The van der Waals surface area contributed by atoms with Crippen LogP contribution >= 0.6 is 15.9 Å². The van der Waals surface area contributed by atoms with Gasteiger partial charge in [-0.3, -0.25) is 4.98 Å². The predicted octanol–water partition coefficient (Wildman–Crippen LogP) is 2.57. The Labute approximate surface area is 112 Å². The number of hydrogen-bond acceptors (Lipinski definition) is 4. The summed E-state index contributed by atoms with van der Waals surface area (Å²) in [6.45, 7) is 6.29. The van der Waals surface area contributed by atoms with Crippen LogP contribution in [0.5, 0.6) is 0 Å². The van der Waals surface area contributed by atoms with E-state index in [4.69, 9.17) is 5.73 Å². The van der Waals surface area contributed by atoms with Crippen LogP contribution in [0.1, 0.15) is 20.3 Å². The number of aromatic nitrogens is 1. The monoisotopic (exact) mass is 300 g/mol. The normalized spacial score (nSPS) is 12.8. The number of anilines is 2. The first-order chi connectivity index (χ1) is 8.06. The summed E-state index contributed by atoms with van der Waals surface area (Å²) in [6.07, 6.45) is 4.57. The summed E-state index contributed by atoms with van der Waals surface area (Å²) in [5.41, 5.74) is 7.46. The van der Waals surface area contributed by atoms with E-state index < -0.39 is 0 Å². The Morgan fingerprint density at radius 3 is 2.82 bits per heavy atom. The van der Waals surface area contributed by atoms with Crippen LogP contribution < -0.4 is 11.1 Å². The average molecular weight is 301 g/mol. The van der Waals surface area contributed by atoms with Crippen molar-refractivity contribution < 1.29 is 0 Å². The summed E-state index contributed by atoms with van der Waals surface area (Å²) >= 11 is 3.44. The van der Waals surface area contributed by atoms with E-state index in [0.717, 1.165) is 29.7 Å². The zero-order valence-electron chi connectivity index (χ0n) is 10.7. The maximum Gasteiger partial charge on any atom is 0.0750 e. The van der Waals surface area contributed by atoms with Crippen LogP contribution in [-0.2, 0) is 0 Å². The van der Waals surface area contributed by atoms with Gasteiger partial charge in [0.1, 0.15) is 0 Å². The molecule has 1 aromatic heterocycles. The van der Waals surface area contributed by atoms with Gasteiger partial charge < -0.3 is 16.0 Å². The van der Waals surface area contributed by atoms with Gasteiger partial charge in [-0.15, -0.1) is 0 Å². The molecule has 0 aromatic carbocycles. The lowest BCUT2D eigenvalue weighted by Crippen LogP contribution is -2.32. The summed E-state index contributed by atoms with van der Waals surface area (Å²) in [7, 11) is 2.14. The van der Waals surface area contributed by atoms with Gasteiger partial charge in [0, 0.05) is 25.3 Å². The van der Waals surface area contributed by atoms with E-state index in [1.807, 2.05) is 0 Å². The number of nitrogens with zero attached hydrogens (tertiary/aromatic N) is 2. The molecule has 1 heterocycles. The third kappa shape index (κ3) is 4.16. The first kappa shape index (κ1) is 14.3. The Kier molecular flexibility index (Phi) is 5.71. The summed E-state index contributed by atoms with van der Waals surface area (Å²) in [6, 6.07) is 0.607. The van der Waals surface area contributed by atoms with Crippen LogP contribution in [0.15, 0.2) is 16.9 Å². The SMILES string of the molecule is CCC(C)N(C)CCNc1c(N)cncc1Br. The molecule has 1 aromatic rings. The molecular weight excluding hydrogens is 280 g/mol. The van der Waals surface area contributed by atoms with Crippen LogP contribution in [-0.4, -0.2) is 36.1 Å². The van der Waals surface area contributed by atoms with E-state index in [1.165, 1.54) is 0 Å². The number of rotatable bonds is 6. The lowest BCUT2D eigenvalue weighted by atomic mass is 10.2. The lowest BCUT2D eigenvalue weighted by molar-refractivity contribution is 0.261. The Morgan fingerprint density at radius 1 is 1.53 bits per heavy atom. The summed E-state index contributed by atoms with van der Waals surface area (Å²) < 4.78 is 0.906. The Hall–Kier alpha value is -0.810. The molecule has 0 aliphatic carbocycles. The van der Waals surface area contributed by atoms with Crippen molar-refractivity contribution in [3.05, 3.63) is 16.9 Å². The van der Waals surface area contributed by atoms with Gasteiger partial charge in [0.2, 0.25) is 0 Å². The second kappa shape index (κ2) is 6.81. The number of likely N-dealkylation sites (N-methyl/N-ethyl adjacent to an activating group) is 1. The van der Waals surface area contributed by atoms with Gasteiger partial charge in [-0.25, -0.2) is 0 Å². The molecule has 0 spiro atoms. The van der Waals surface area contributed by atoms with Crippen LogP contribution in [0, 0.1) is 0 Å². The van der Waals surface area contributed by atoms with E-state index in [1.54, 1.807) is 12.4 Å². The van der Waals surface area contributed by atoms with E-state index >= 15 is 0 Å². The van der Waals surface area contributed by atoms with Gasteiger partial charge in [0.05, 0.1) is 22.0 Å². The van der Waals surface area contributed by atoms with Crippen molar-refractivity contribution in [1.82, 2.24) is 9.88 Å². The molecule has 0 saturated heterocycles. The van der Waals surface area contributed by atoms with Crippen molar-refractivity contribution in [3.63, 3.8) is 0 Å².